The summed E-state index contributed by atoms with van der Waals surface area (Å²) in [6.07, 6.45) is 1.06. The van der Waals surface area contributed by atoms with Gasteiger partial charge in [0, 0.05) is 38.6 Å². The number of ether oxygens (including phenoxy) is 1. The molecule has 0 bridgehead atoms. The van der Waals surface area contributed by atoms with E-state index in [9.17, 15) is 10.2 Å². The van der Waals surface area contributed by atoms with Crippen LogP contribution in [-0.2, 0) is 12.8 Å². The van der Waals surface area contributed by atoms with Gasteiger partial charge >= 0.3 is 0 Å². The predicted molar refractivity (Wildman–Crippen MR) is 102 cm³/mol. The predicted octanol–water partition coefficient (Wildman–Crippen LogP) is 2.05. The molecule has 0 spiro atoms. The summed E-state index contributed by atoms with van der Waals surface area (Å²) < 4.78 is 5.49. The van der Waals surface area contributed by atoms with Gasteiger partial charge in [-0.1, -0.05) is 18.2 Å². The average molecular weight is 354 g/mol. The molecule has 1 heterocycles. The highest BCUT2D eigenvalue weighted by atomic mass is 16.5. The smallest absolute Gasteiger partial charge is 0.142 e. The molecule has 2 aromatic rings. The van der Waals surface area contributed by atoms with Crippen LogP contribution in [0.25, 0.3) is 0 Å². The van der Waals surface area contributed by atoms with Crippen LogP contribution in [0.5, 0.6) is 11.5 Å². The van der Waals surface area contributed by atoms with Gasteiger partial charge in [-0.2, -0.15) is 0 Å². The van der Waals surface area contributed by atoms with Crippen molar-refractivity contribution in [3.8, 4) is 11.5 Å². The first kappa shape index (κ1) is 17.2. The number of hydrogen-bond acceptors (Lipinski definition) is 5. The standard InChI is InChI=1S/C21H26N2O3/c1-26-21-5-3-2-4-18(21)22-8-10-23(11-9-22)19-13-15-6-7-17(24)12-16(15)14-20(19)25/h2-7,12,19-20,24-25H,8-11,13-14H2,1H3/t19-,20-/m1/s1. The van der Waals surface area contributed by atoms with Crippen molar-refractivity contribution in [2.24, 2.45) is 0 Å². The zero-order chi connectivity index (χ0) is 18.1. The molecule has 0 saturated carbocycles. The zero-order valence-electron chi connectivity index (χ0n) is 15.1. The Kier molecular flexibility index (Phi) is 4.74. The number of benzene rings is 2. The highest BCUT2D eigenvalue weighted by Gasteiger charge is 2.33. The highest BCUT2D eigenvalue weighted by molar-refractivity contribution is 5.58. The Balaban J connectivity index is 1.44. The third-order valence-corrected chi connectivity index (χ3v) is 5.70. The minimum Gasteiger partial charge on any atom is -0.508 e. The molecular weight excluding hydrogens is 328 g/mol. The number of piperazine rings is 1. The average Bonchev–Trinajstić information content (AvgIpc) is 2.67. The van der Waals surface area contributed by atoms with Crippen LogP contribution in [0.1, 0.15) is 11.1 Å². The summed E-state index contributed by atoms with van der Waals surface area (Å²) in [7, 11) is 1.71. The first-order valence-corrected chi connectivity index (χ1v) is 9.26. The molecule has 5 nitrogen and oxygen atoms in total. The van der Waals surface area contributed by atoms with Gasteiger partial charge in [-0.05, 0) is 41.8 Å². The van der Waals surface area contributed by atoms with Gasteiger partial charge in [-0.15, -0.1) is 0 Å². The van der Waals surface area contributed by atoms with Gasteiger partial charge in [0.2, 0.25) is 0 Å². The summed E-state index contributed by atoms with van der Waals surface area (Å²) in [6.45, 7) is 3.69. The summed E-state index contributed by atoms with van der Waals surface area (Å²) in [5.74, 6) is 1.19. The zero-order valence-corrected chi connectivity index (χ0v) is 15.1. The molecule has 1 aliphatic carbocycles. The molecule has 2 N–H and O–H groups in total. The lowest BCUT2D eigenvalue weighted by Gasteiger charge is -2.43. The number of rotatable bonds is 3. The Morgan fingerprint density at radius 3 is 2.50 bits per heavy atom. The van der Waals surface area contributed by atoms with Crippen LogP contribution in [0.3, 0.4) is 0 Å². The largest absolute Gasteiger partial charge is 0.508 e. The van der Waals surface area contributed by atoms with Gasteiger partial charge in [0.25, 0.3) is 0 Å². The van der Waals surface area contributed by atoms with Crippen molar-refractivity contribution in [1.82, 2.24) is 4.90 Å². The second-order valence-electron chi connectivity index (χ2n) is 7.19. The second kappa shape index (κ2) is 7.17. The maximum atomic E-state index is 10.7. The number of nitrogens with zero attached hydrogens (tertiary/aromatic N) is 2. The molecule has 0 unspecified atom stereocenters. The summed E-state index contributed by atoms with van der Waals surface area (Å²) in [5, 5.41) is 20.3. The van der Waals surface area contributed by atoms with Crippen molar-refractivity contribution in [2.45, 2.75) is 25.0 Å². The fourth-order valence-electron chi connectivity index (χ4n) is 4.28. The van der Waals surface area contributed by atoms with E-state index < -0.39 is 0 Å². The van der Waals surface area contributed by atoms with Gasteiger partial charge in [0.05, 0.1) is 18.9 Å². The third-order valence-electron chi connectivity index (χ3n) is 5.70. The summed E-state index contributed by atoms with van der Waals surface area (Å²) in [5.41, 5.74) is 3.45. The lowest BCUT2D eigenvalue weighted by Crippen LogP contribution is -2.56. The van der Waals surface area contributed by atoms with E-state index in [1.54, 1.807) is 19.2 Å². The van der Waals surface area contributed by atoms with Gasteiger partial charge in [0.1, 0.15) is 11.5 Å². The number of methoxy groups -OCH3 is 1. The number of aliphatic hydroxyl groups is 1. The molecule has 1 aliphatic heterocycles. The normalized spacial score (nSPS) is 23.5. The molecule has 2 aromatic carbocycles. The molecular formula is C21H26N2O3. The monoisotopic (exact) mass is 354 g/mol. The second-order valence-corrected chi connectivity index (χ2v) is 7.19. The number of aliphatic hydroxyl groups excluding tert-OH is 1. The van der Waals surface area contributed by atoms with Crippen LogP contribution in [-0.4, -0.2) is 60.5 Å². The van der Waals surface area contributed by atoms with Crippen molar-refractivity contribution in [1.29, 1.82) is 0 Å². The van der Waals surface area contributed by atoms with Crippen LogP contribution in [0, 0.1) is 0 Å². The van der Waals surface area contributed by atoms with E-state index in [2.05, 4.69) is 15.9 Å². The van der Waals surface area contributed by atoms with E-state index in [-0.39, 0.29) is 17.9 Å². The molecule has 0 aromatic heterocycles. The molecule has 0 amide bonds. The van der Waals surface area contributed by atoms with Crippen molar-refractivity contribution in [2.75, 3.05) is 38.2 Å². The van der Waals surface area contributed by atoms with E-state index in [0.717, 1.165) is 49.6 Å². The maximum Gasteiger partial charge on any atom is 0.142 e. The first-order chi connectivity index (χ1) is 12.7. The Morgan fingerprint density at radius 1 is 0.962 bits per heavy atom. The van der Waals surface area contributed by atoms with Crippen LogP contribution in [0.15, 0.2) is 42.5 Å². The minimum absolute atomic E-state index is 0.145. The lowest BCUT2D eigenvalue weighted by atomic mass is 9.85. The van der Waals surface area contributed by atoms with Crippen LogP contribution in [0.2, 0.25) is 0 Å². The van der Waals surface area contributed by atoms with E-state index in [4.69, 9.17) is 4.74 Å². The number of fused-ring (bicyclic) bond motifs is 1. The van der Waals surface area contributed by atoms with Crippen LogP contribution < -0.4 is 9.64 Å². The van der Waals surface area contributed by atoms with E-state index in [1.165, 1.54) is 5.56 Å². The Labute approximate surface area is 154 Å². The number of para-hydroxylation sites is 2. The van der Waals surface area contributed by atoms with E-state index in [1.807, 2.05) is 24.3 Å². The van der Waals surface area contributed by atoms with Gasteiger partial charge in [-0.3, -0.25) is 4.90 Å². The first-order valence-electron chi connectivity index (χ1n) is 9.26. The number of anilines is 1. The van der Waals surface area contributed by atoms with E-state index in [0.29, 0.717) is 6.42 Å². The quantitative estimate of drug-likeness (QED) is 0.884. The molecule has 2 aliphatic rings. The molecule has 2 atom stereocenters. The highest BCUT2D eigenvalue weighted by Crippen LogP contribution is 2.31. The van der Waals surface area contributed by atoms with Crippen molar-refractivity contribution in [3.05, 3.63) is 53.6 Å². The van der Waals surface area contributed by atoms with Gasteiger partial charge in [0.15, 0.2) is 0 Å². The summed E-state index contributed by atoms with van der Waals surface area (Å²) in [6, 6.07) is 13.8. The van der Waals surface area contributed by atoms with Crippen molar-refractivity contribution >= 4 is 5.69 Å². The van der Waals surface area contributed by atoms with E-state index >= 15 is 0 Å². The van der Waals surface area contributed by atoms with Gasteiger partial charge in [-0.25, -0.2) is 0 Å². The maximum absolute atomic E-state index is 10.7. The molecule has 4 rings (SSSR count). The Bertz CT molecular complexity index is 772. The van der Waals surface area contributed by atoms with Gasteiger partial charge < -0.3 is 19.8 Å². The third kappa shape index (κ3) is 3.24. The fraction of sp³-hybridized carbons (Fsp3) is 0.429. The fourth-order valence-corrected chi connectivity index (χ4v) is 4.28. The van der Waals surface area contributed by atoms with Crippen molar-refractivity contribution < 1.29 is 14.9 Å². The van der Waals surface area contributed by atoms with Crippen LogP contribution >= 0.6 is 0 Å². The van der Waals surface area contributed by atoms with Crippen LogP contribution in [0.4, 0.5) is 5.69 Å². The molecule has 1 saturated heterocycles. The topological polar surface area (TPSA) is 56.2 Å². The minimum atomic E-state index is -0.387. The number of phenols is 1. The molecule has 0 radical (unpaired) electrons. The number of hydrogen-bond donors (Lipinski definition) is 2. The number of phenolic OH excluding ortho intramolecular Hbond substituents is 1. The molecule has 26 heavy (non-hydrogen) atoms. The Morgan fingerprint density at radius 2 is 1.73 bits per heavy atom. The van der Waals surface area contributed by atoms with Crippen molar-refractivity contribution in [3.63, 3.8) is 0 Å². The SMILES string of the molecule is COc1ccccc1N1CCN([C@@H]2Cc3ccc(O)cc3C[C@H]2O)CC1. The molecule has 5 heteroatoms. The number of aromatic hydroxyl groups is 1. The summed E-state index contributed by atoms with van der Waals surface area (Å²) >= 11 is 0. The summed E-state index contributed by atoms with van der Waals surface area (Å²) in [4.78, 5) is 4.77. The lowest BCUT2D eigenvalue weighted by molar-refractivity contribution is 0.0394. The Hall–Kier alpha value is -2.24. The molecule has 138 valence electrons. The molecule has 1 fully saturated rings.